The number of aryl methyl sites for hydroxylation is 1. The van der Waals surface area contributed by atoms with Gasteiger partial charge in [0.1, 0.15) is 0 Å². The number of hydrogen-bond acceptors (Lipinski definition) is 2. The lowest BCUT2D eigenvalue weighted by Gasteiger charge is -2.14. The van der Waals surface area contributed by atoms with Crippen LogP contribution in [0.3, 0.4) is 0 Å². The number of halogens is 2. The van der Waals surface area contributed by atoms with Crippen LogP contribution in [0.4, 0.5) is 11.4 Å². The minimum absolute atomic E-state index is 0.226. The summed E-state index contributed by atoms with van der Waals surface area (Å²) in [5.41, 5.74) is 9.57. The second-order valence-corrected chi connectivity index (χ2v) is 5.84. The van der Waals surface area contributed by atoms with Crippen LogP contribution in [-0.4, -0.2) is 5.91 Å². The minimum Gasteiger partial charge on any atom is -0.398 e. The molecule has 0 unspecified atom stereocenters. The fourth-order valence-electron chi connectivity index (χ4n) is 1.91. The Kier molecular flexibility index (Phi) is 4.35. The molecule has 0 spiro atoms. The summed E-state index contributed by atoms with van der Waals surface area (Å²) in [4.78, 5) is 12.4. The van der Waals surface area contributed by atoms with E-state index in [1.54, 1.807) is 18.2 Å². The molecule has 0 bridgehead atoms. The quantitative estimate of drug-likeness (QED) is 0.778. The van der Waals surface area contributed by atoms with Gasteiger partial charge in [-0.1, -0.05) is 17.7 Å². The molecule has 1 amide bonds. The number of nitrogens with two attached hydrogens (primary N) is 1. The van der Waals surface area contributed by atoms with E-state index in [0.29, 0.717) is 20.7 Å². The molecule has 0 aromatic heterocycles. The predicted molar refractivity (Wildman–Crippen MR) is 87.4 cm³/mol. The van der Waals surface area contributed by atoms with Gasteiger partial charge in [-0.2, -0.15) is 0 Å². The van der Waals surface area contributed by atoms with Gasteiger partial charge in [-0.25, -0.2) is 0 Å². The number of nitrogen functional groups attached to an aromatic ring is 1. The second-order valence-electron chi connectivity index (χ2n) is 4.55. The standard InChI is InChI=1S/C15H14BrClN2O/c1-8-3-6-13(18)9(2)14(8)19-15(20)11-7-10(17)4-5-12(11)16/h3-7H,18H2,1-2H3,(H,19,20). The normalized spacial score (nSPS) is 10.4. The fraction of sp³-hybridized carbons (Fsp3) is 0.133. The number of benzene rings is 2. The minimum atomic E-state index is -0.226. The lowest BCUT2D eigenvalue weighted by molar-refractivity contribution is 0.102. The van der Waals surface area contributed by atoms with Gasteiger partial charge in [0.2, 0.25) is 0 Å². The van der Waals surface area contributed by atoms with Gasteiger partial charge in [0, 0.05) is 20.9 Å². The highest BCUT2D eigenvalue weighted by molar-refractivity contribution is 9.10. The van der Waals surface area contributed by atoms with Crippen molar-refractivity contribution in [2.45, 2.75) is 13.8 Å². The topological polar surface area (TPSA) is 55.1 Å². The molecule has 2 aromatic carbocycles. The summed E-state index contributed by atoms with van der Waals surface area (Å²) in [6.45, 7) is 3.81. The van der Waals surface area contributed by atoms with E-state index in [-0.39, 0.29) is 5.91 Å². The maximum Gasteiger partial charge on any atom is 0.256 e. The van der Waals surface area contributed by atoms with Crippen molar-refractivity contribution in [2.24, 2.45) is 0 Å². The third-order valence-corrected chi connectivity index (χ3v) is 4.05. The third kappa shape index (κ3) is 2.97. The zero-order chi connectivity index (χ0) is 14.9. The van der Waals surface area contributed by atoms with Crippen LogP contribution in [0.15, 0.2) is 34.8 Å². The Balaban J connectivity index is 2.38. The van der Waals surface area contributed by atoms with Crippen molar-refractivity contribution >= 4 is 44.8 Å². The third-order valence-electron chi connectivity index (χ3n) is 3.13. The fourth-order valence-corrected chi connectivity index (χ4v) is 2.51. The van der Waals surface area contributed by atoms with E-state index in [4.69, 9.17) is 17.3 Å². The molecule has 0 saturated heterocycles. The number of hydrogen-bond donors (Lipinski definition) is 2. The van der Waals surface area contributed by atoms with Crippen LogP contribution in [0.25, 0.3) is 0 Å². The first-order valence-electron chi connectivity index (χ1n) is 6.02. The molecule has 0 aliphatic heterocycles. The van der Waals surface area contributed by atoms with Gasteiger partial charge in [0.25, 0.3) is 5.91 Å². The van der Waals surface area contributed by atoms with E-state index in [1.165, 1.54) is 0 Å². The SMILES string of the molecule is Cc1ccc(N)c(C)c1NC(=O)c1cc(Cl)ccc1Br. The lowest BCUT2D eigenvalue weighted by Crippen LogP contribution is -2.15. The van der Waals surface area contributed by atoms with Gasteiger partial charge >= 0.3 is 0 Å². The highest BCUT2D eigenvalue weighted by atomic mass is 79.9. The van der Waals surface area contributed by atoms with Crippen LogP contribution in [-0.2, 0) is 0 Å². The van der Waals surface area contributed by atoms with E-state index in [9.17, 15) is 4.79 Å². The van der Waals surface area contributed by atoms with Crippen LogP contribution >= 0.6 is 27.5 Å². The molecule has 3 nitrogen and oxygen atoms in total. The summed E-state index contributed by atoms with van der Waals surface area (Å²) < 4.78 is 0.693. The van der Waals surface area contributed by atoms with E-state index in [1.807, 2.05) is 26.0 Å². The summed E-state index contributed by atoms with van der Waals surface area (Å²) >= 11 is 9.28. The van der Waals surface area contributed by atoms with E-state index < -0.39 is 0 Å². The summed E-state index contributed by atoms with van der Waals surface area (Å²) in [5, 5.41) is 3.41. The van der Waals surface area contributed by atoms with Gasteiger partial charge in [0.15, 0.2) is 0 Å². The first-order chi connectivity index (χ1) is 9.40. The van der Waals surface area contributed by atoms with Crippen molar-refractivity contribution in [1.82, 2.24) is 0 Å². The van der Waals surface area contributed by atoms with Crippen molar-refractivity contribution in [2.75, 3.05) is 11.1 Å². The number of nitrogens with one attached hydrogen (secondary N) is 1. The molecule has 0 heterocycles. The lowest BCUT2D eigenvalue weighted by atomic mass is 10.1. The first kappa shape index (κ1) is 14.9. The molecule has 0 fully saturated rings. The average molecular weight is 354 g/mol. The smallest absolute Gasteiger partial charge is 0.256 e. The average Bonchev–Trinajstić information content (AvgIpc) is 2.41. The van der Waals surface area contributed by atoms with Crippen LogP contribution in [0.5, 0.6) is 0 Å². The Morgan fingerprint density at radius 1 is 1.25 bits per heavy atom. The predicted octanol–water partition coefficient (Wildman–Crippen LogP) is 4.55. The van der Waals surface area contributed by atoms with E-state index >= 15 is 0 Å². The number of amides is 1. The van der Waals surface area contributed by atoms with E-state index in [2.05, 4.69) is 21.2 Å². The molecule has 0 atom stereocenters. The van der Waals surface area contributed by atoms with Crippen LogP contribution < -0.4 is 11.1 Å². The largest absolute Gasteiger partial charge is 0.398 e. The number of anilines is 2. The number of rotatable bonds is 2. The van der Waals surface area contributed by atoms with Gasteiger partial charge in [-0.3, -0.25) is 4.79 Å². The molecule has 0 aliphatic carbocycles. The number of carbonyl (C=O) groups excluding carboxylic acids is 1. The Bertz CT molecular complexity index is 686. The summed E-state index contributed by atoms with van der Waals surface area (Å²) in [6.07, 6.45) is 0. The summed E-state index contributed by atoms with van der Waals surface area (Å²) in [5.74, 6) is -0.226. The van der Waals surface area contributed by atoms with Crippen molar-refractivity contribution < 1.29 is 4.79 Å². The Morgan fingerprint density at radius 3 is 2.65 bits per heavy atom. The maximum absolute atomic E-state index is 12.4. The van der Waals surface area contributed by atoms with Crippen LogP contribution in [0, 0.1) is 13.8 Å². The molecule has 20 heavy (non-hydrogen) atoms. The van der Waals surface area contributed by atoms with Gasteiger partial charge in [0.05, 0.1) is 5.56 Å². The summed E-state index contributed by atoms with van der Waals surface area (Å²) in [7, 11) is 0. The zero-order valence-electron chi connectivity index (χ0n) is 11.1. The Hall–Kier alpha value is -1.52. The molecule has 104 valence electrons. The molecule has 5 heteroatoms. The van der Waals surface area contributed by atoms with E-state index in [0.717, 1.165) is 16.8 Å². The van der Waals surface area contributed by atoms with Crippen molar-refractivity contribution in [3.63, 3.8) is 0 Å². The second kappa shape index (κ2) is 5.85. The monoisotopic (exact) mass is 352 g/mol. The molecular formula is C15H14BrClN2O. The van der Waals surface area contributed by atoms with Gasteiger partial charge < -0.3 is 11.1 Å². The number of carbonyl (C=O) groups is 1. The Morgan fingerprint density at radius 2 is 1.95 bits per heavy atom. The first-order valence-corrected chi connectivity index (χ1v) is 7.19. The highest BCUT2D eigenvalue weighted by Crippen LogP contribution is 2.27. The Labute approximate surface area is 131 Å². The molecule has 3 N–H and O–H groups in total. The molecule has 0 aliphatic rings. The summed E-state index contributed by atoms with van der Waals surface area (Å²) in [6, 6.07) is 8.80. The molecule has 0 radical (unpaired) electrons. The van der Waals surface area contributed by atoms with Crippen molar-refractivity contribution in [3.8, 4) is 0 Å². The molecule has 2 aromatic rings. The van der Waals surface area contributed by atoms with Gasteiger partial charge in [-0.05, 0) is 65.2 Å². The zero-order valence-corrected chi connectivity index (χ0v) is 13.5. The van der Waals surface area contributed by atoms with Crippen molar-refractivity contribution in [3.05, 3.63) is 56.5 Å². The molecule has 2 rings (SSSR count). The van der Waals surface area contributed by atoms with Crippen molar-refractivity contribution in [1.29, 1.82) is 0 Å². The van der Waals surface area contributed by atoms with Crippen LogP contribution in [0.2, 0.25) is 5.02 Å². The molecule has 0 saturated carbocycles. The van der Waals surface area contributed by atoms with Crippen LogP contribution in [0.1, 0.15) is 21.5 Å². The van der Waals surface area contributed by atoms with Gasteiger partial charge in [-0.15, -0.1) is 0 Å². The highest BCUT2D eigenvalue weighted by Gasteiger charge is 2.14. The molecular weight excluding hydrogens is 340 g/mol. The maximum atomic E-state index is 12.4.